The van der Waals surface area contributed by atoms with Gasteiger partial charge in [-0.1, -0.05) is 59.9 Å². The summed E-state index contributed by atoms with van der Waals surface area (Å²) in [5.41, 5.74) is 1.79. The second-order valence-corrected chi connectivity index (χ2v) is 7.90. The van der Waals surface area contributed by atoms with Crippen molar-refractivity contribution in [1.82, 2.24) is 0 Å². The number of hydrogen-bond donors (Lipinski definition) is 0. The summed E-state index contributed by atoms with van der Waals surface area (Å²) >= 11 is 2.36. The fraction of sp³-hybridized carbons (Fsp3) is 0.0952. The molecule has 0 atom stereocenters. The van der Waals surface area contributed by atoms with Crippen LogP contribution in [-0.2, 0) is 14.4 Å². The molecular formula is C21H18O3S2. The largest absolute Gasteiger partial charge is 0.290 e. The fourth-order valence-corrected chi connectivity index (χ4v) is 3.25. The van der Waals surface area contributed by atoms with Gasteiger partial charge < -0.3 is 0 Å². The number of hydrogen-bond acceptors (Lipinski definition) is 5. The van der Waals surface area contributed by atoms with Gasteiger partial charge in [-0.25, -0.2) is 0 Å². The first kappa shape index (κ1) is 19.9. The quantitative estimate of drug-likeness (QED) is 0.504. The van der Waals surface area contributed by atoms with E-state index in [-0.39, 0.29) is 16.0 Å². The van der Waals surface area contributed by atoms with E-state index in [4.69, 9.17) is 0 Å². The van der Waals surface area contributed by atoms with Crippen LogP contribution in [0.15, 0.2) is 70.5 Å². The van der Waals surface area contributed by atoms with Gasteiger partial charge in [0, 0.05) is 23.6 Å². The number of thioether (sulfide) groups is 2. The first-order valence-electron chi connectivity index (χ1n) is 7.89. The highest BCUT2D eigenvalue weighted by atomic mass is 32.2. The van der Waals surface area contributed by atoms with E-state index in [0.717, 1.165) is 20.9 Å². The summed E-state index contributed by atoms with van der Waals surface area (Å²) in [5, 5.41) is 0.0862. The molecule has 26 heavy (non-hydrogen) atoms. The minimum Gasteiger partial charge on any atom is -0.290 e. The zero-order chi connectivity index (χ0) is 18.9. The first-order valence-corrected chi connectivity index (χ1v) is 9.53. The summed E-state index contributed by atoms with van der Waals surface area (Å²) in [6.45, 7) is 3.05. The smallest absolute Gasteiger partial charge is 0.190 e. The Hall–Kier alpha value is -2.37. The highest BCUT2D eigenvalue weighted by Gasteiger charge is 1.99. The van der Waals surface area contributed by atoms with E-state index >= 15 is 0 Å². The van der Waals surface area contributed by atoms with Crippen molar-refractivity contribution in [3.05, 3.63) is 71.8 Å². The van der Waals surface area contributed by atoms with Gasteiger partial charge in [-0.05, 0) is 47.5 Å². The fourth-order valence-electron chi connectivity index (χ4n) is 2.04. The normalized spacial score (nSPS) is 11.2. The van der Waals surface area contributed by atoms with Crippen LogP contribution < -0.4 is 0 Å². The summed E-state index contributed by atoms with van der Waals surface area (Å²) in [4.78, 5) is 35.8. The molecule has 0 aliphatic carbocycles. The number of allylic oxidation sites excluding steroid dienone is 2. The molecule has 5 heteroatoms. The predicted octanol–water partition coefficient (Wildman–Crippen LogP) is 5.26. The molecule has 0 aliphatic rings. The van der Waals surface area contributed by atoms with Crippen LogP contribution in [0.25, 0.3) is 12.2 Å². The number of carbonyl (C=O) groups is 3. The highest BCUT2D eigenvalue weighted by molar-refractivity contribution is 8.13. The van der Waals surface area contributed by atoms with Crippen LogP contribution in [0.3, 0.4) is 0 Å². The number of rotatable bonds is 6. The summed E-state index contributed by atoms with van der Waals surface area (Å²) in [5.74, 6) is -0.116. The van der Waals surface area contributed by atoms with Crippen LogP contribution in [0.1, 0.15) is 25.0 Å². The van der Waals surface area contributed by atoms with Gasteiger partial charge >= 0.3 is 0 Å². The maximum atomic E-state index is 11.9. The molecule has 0 unspecified atom stereocenters. The summed E-state index contributed by atoms with van der Waals surface area (Å²) in [6, 6.07) is 14.9. The molecule has 132 valence electrons. The Kier molecular flexibility index (Phi) is 7.63. The third-order valence-corrected chi connectivity index (χ3v) is 4.75. The Morgan fingerprint density at radius 1 is 0.654 bits per heavy atom. The maximum absolute atomic E-state index is 11.9. The average Bonchev–Trinajstić information content (AvgIpc) is 2.59. The van der Waals surface area contributed by atoms with E-state index in [0.29, 0.717) is 0 Å². The Morgan fingerprint density at radius 2 is 1.00 bits per heavy atom. The number of benzene rings is 2. The molecule has 0 N–H and O–H groups in total. The average molecular weight is 383 g/mol. The van der Waals surface area contributed by atoms with Gasteiger partial charge in [0.25, 0.3) is 0 Å². The van der Waals surface area contributed by atoms with E-state index in [1.807, 2.05) is 48.5 Å². The zero-order valence-electron chi connectivity index (χ0n) is 14.5. The lowest BCUT2D eigenvalue weighted by Gasteiger charge is -1.98. The van der Waals surface area contributed by atoms with Crippen molar-refractivity contribution in [3.8, 4) is 0 Å². The van der Waals surface area contributed by atoms with Crippen LogP contribution >= 0.6 is 23.5 Å². The molecule has 0 fully saturated rings. The second-order valence-electron chi connectivity index (χ2n) is 5.39. The third kappa shape index (κ3) is 7.25. The van der Waals surface area contributed by atoms with Crippen molar-refractivity contribution in [2.24, 2.45) is 0 Å². The van der Waals surface area contributed by atoms with Crippen molar-refractivity contribution >= 4 is 51.7 Å². The summed E-state index contributed by atoms with van der Waals surface area (Å²) in [6.07, 6.45) is 6.48. The molecule has 0 aromatic heterocycles. The van der Waals surface area contributed by atoms with Gasteiger partial charge in [0.2, 0.25) is 0 Å². The van der Waals surface area contributed by atoms with Gasteiger partial charge in [-0.2, -0.15) is 0 Å². The summed E-state index contributed by atoms with van der Waals surface area (Å²) in [7, 11) is 0. The van der Waals surface area contributed by atoms with Gasteiger partial charge in [0.1, 0.15) is 0 Å². The monoisotopic (exact) mass is 382 g/mol. The lowest BCUT2D eigenvalue weighted by Crippen LogP contribution is -1.86. The Balaban J connectivity index is 1.92. The molecule has 3 nitrogen and oxygen atoms in total. The number of carbonyl (C=O) groups excluding carboxylic acids is 3. The van der Waals surface area contributed by atoms with Gasteiger partial charge in [0.15, 0.2) is 16.0 Å². The van der Waals surface area contributed by atoms with Gasteiger partial charge in [-0.3, -0.25) is 14.4 Å². The van der Waals surface area contributed by atoms with E-state index in [1.165, 1.54) is 49.5 Å². The van der Waals surface area contributed by atoms with Crippen molar-refractivity contribution in [2.45, 2.75) is 23.6 Å². The molecule has 2 aromatic carbocycles. The SMILES string of the molecule is CC(=O)Sc1ccc(C=CC(=O)C=Cc2ccc(SC(C)=O)cc2)cc1. The van der Waals surface area contributed by atoms with Crippen LogP contribution in [-0.4, -0.2) is 16.0 Å². The molecule has 0 aliphatic heterocycles. The van der Waals surface area contributed by atoms with Crippen molar-refractivity contribution in [2.75, 3.05) is 0 Å². The Labute approximate surface area is 161 Å². The minimum absolute atomic E-state index is 0.0431. The molecule has 0 saturated carbocycles. The standard InChI is InChI=1S/C21H18O3S2/c1-15(22)25-20-11-5-17(6-12-20)3-9-19(24)10-4-18-7-13-21(14-8-18)26-16(2)23/h3-14H,1-2H3. The highest BCUT2D eigenvalue weighted by Crippen LogP contribution is 2.20. The van der Waals surface area contributed by atoms with Crippen molar-refractivity contribution < 1.29 is 14.4 Å². The van der Waals surface area contributed by atoms with Crippen LogP contribution in [0.4, 0.5) is 0 Å². The van der Waals surface area contributed by atoms with Crippen molar-refractivity contribution in [3.63, 3.8) is 0 Å². The third-order valence-electron chi connectivity index (χ3n) is 3.16. The molecular weight excluding hydrogens is 364 g/mol. The van der Waals surface area contributed by atoms with Gasteiger partial charge in [-0.15, -0.1) is 0 Å². The van der Waals surface area contributed by atoms with E-state index in [1.54, 1.807) is 12.2 Å². The van der Waals surface area contributed by atoms with Gasteiger partial charge in [0.05, 0.1) is 0 Å². The molecule has 0 radical (unpaired) electrons. The topological polar surface area (TPSA) is 51.2 Å². The first-order chi connectivity index (χ1) is 12.4. The molecule has 0 bridgehead atoms. The molecule has 0 amide bonds. The molecule has 2 rings (SSSR count). The summed E-state index contributed by atoms with van der Waals surface area (Å²) < 4.78 is 0. The maximum Gasteiger partial charge on any atom is 0.190 e. The zero-order valence-corrected chi connectivity index (χ0v) is 16.1. The molecule has 0 heterocycles. The molecule has 2 aromatic rings. The van der Waals surface area contributed by atoms with Crippen LogP contribution in [0.2, 0.25) is 0 Å². The number of ketones is 1. The lowest BCUT2D eigenvalue weighted by molar-refractivity contribution is -0.110. The molecule has 0 saturated heterocycles. The van der Waals surface area contributed by atoms with E-state index in [9.17, 15) is 14.4 Å². The predicted molar refractivity (Wildman–Crippen MR) is 109 cm³/mol. The van der Waals surface area contributed by atoms with Crippen LogP contribution in [0.5, 0.6) is 0 Å². The minimum atomic E-state index is -0.116. The van der Waals surface area contributed by atoms with Crippen molar-refractivity contribution in [1.29, 1.82) is 0 Å². The van der Waals surface area contributed by atoms with Crippen LogP contribution in [0, 0.1) is 0 Å². The lowest BCUT2D eigenvalue weighted by atomic mass is 10.1. The van der Waals surface area contributed by atoms with E-state index in [2.05, 4.69) is 0 Å². The Bertz CT molecular complexity index is 776. The van der Waals surface area contributed by atoms with E-state index < -0.39 is 0 Å². The Morgan fingerprint density at radius 3 is 1.31 bits per heavy atom. The molecule has 0 spiro atoms. The second kappa shape index (κ2) is 9.94.